The van der Waals surface area contributed by atoms with E-state index in [1.165, 1.54) is 6.26 Å². The third-order valence-electron chi connectivity index (χ3n) is 4.55. The van der Waals surface area contributed by atoms with Crippen molar-refractivity contribution in [1.82, 2.24) is 10.6 Å². The van der Waals surface area contributed by atoms with Crippen molar-refractivity contribution in [2.75, 3.05) is 26.6 Å². The zero-order valence-electron chi connectivity index (χ0n) is 18.2. The molecule has 3 N–H and O–H groups in total. The Morgan fingerprint density at radius 3 is 2.50 bits per heavy atom. The fourth-order valence-corrected chi connectivity index (χ4v) is 2.94. The molecule has 0 saturated carbocycles. The number of guanidine groups is 1. The minimum absolute atomic E-state index is 0. The number of hydrogen-bond donors (Lipinski definition) is 3. The van der Waals surface area contributed by atoms with Gasteiger partial charge in [0, 0.05) is 37.5 Å². The van der Waals surface area contributed by atoms with Crippen molar-refractivity contribution in [1.29, 1.82) is 0 Å². The minimum atomic E-state index is -0.291. The van der Waals surface area contributed by atoms with Crippen LogP contribution in [0.25, 0.3) is 0 Å². The Kier molecular flexibility index (Phi) is 9.86. The third-order valence-corrected chi connectivity index (χ3v) is 4.55. The number of ether oxygens (including phenoxy) is 2. The van der Waals surface area contributed by atoms with Crippen LogP contribution in [0.1, 0.15) is 21.7 Å². The molecule has 0 aliphatic rings. The minimum Gasteiger partial charge on any atom is -0.497 e. The van der Waals surface area contributed by atoms with Crippen LogP contribution in [0.5, 0.6) is 11.5 Å². The van der Waals surface area contributed by atoms with Crippen LogP contribution in [0.3, 0.4) is 0 Å². The van der Waals surface area contributed by atoms with Gasteiger partial charge in [-0.15, -0.1) is 24.0 Å². The Bertz CT molecular complexity index is 1040. The summed E-state index contributed by atoms with van der Waals surface area (Å²) in [6.45, 7) is 1.07. The molecule has 1 amide bonds. The molecule has 32 heavy (non-hydrogen) atoms. The van der Waals surface area contributed by atoms with Gasteiger partial charge in [-0.05, 0) is 42.0 Å². The first kappa shape index (κ1) is 25.1. The molecule has 170 valence electrons. The third kappa shape index (κ3) is 6.91. The van der Waals surface area contributed by atoms with Crippen molar-refractivity contribution in [3.05, 3.63) is 77.7 Å². The van der Waals surface area contributed by atoms with Crippen molar-refractivity contribution < 1.29 is 18.7 Å². The molecule has 8 nitrogen and oxygen atoms in total. The second-order valence-corrected chi connectivity index (χ2v) is 6.59. The van der Waals surface area contributed by atoms with Gasteiger partial charge in [0.25, 0.3) is 5.91 Å². The summed E-state index contributed by atoms with van der Waals surface area (Å²) >= 11 is 0. The normalized spacial score (nSPS) is 10.7. The number of anilines is 1. The lowest BCUT2D eigenvalue weighted by atomic mass is 10.2. The molecule has 1 aromatic heterocycles. The summed E-state index contributed by atoms with van der Waals surface area (Å²) in [4.78, 5) is 16.4. The molecule has 2 aromatic carbocycles. The maximum absolute atomic E-state index is 12.1. The van der Waals surface area contributed by atoms with Crippen molar-refractivity contribution in [2.45, 2.75) is 13.1 Å². The van der Waals surface area contributed by atoms with E-state index in [1.807, 2.05) is 42.5 Å². The van der Waals surface area contributed by atoms with Crippen LogP contribution >= 0.6 is 24.0 Å². The fraction of sp³-hybridized carbons (Fsp3) is 0.217. The number of hydrogen-bond acceptors (Lipinski definition) is 5. The molecular formula is C23H27IN4O4. The number of halogens is 1. The maximum Gasteiger partial charge on any atom is 0.291 e. The quantitative estimate of drug-likeness (QED) is 0.223. The SMILES string of the molecule is CN=C(NCc1cccc(NC(=O)c2ccco2)c1)NCc1ccc(OC)cc1OC.I. The topological polar surface area (TPSA) is 97.1 Å². The maximum atomic E-state index is 12.1. The lowest BCUT2D eigenvalue weighted by molar-refractivity contribution is 0.0996. The number of nitrogens with one attached hydrogen (secondary N) is 3. The van der Waals surface area contributed by atoms with Gasteiger partial charge in [-0.3, -0.25) is 9.79 Å². The Morgan fingerprint density at radius 2 is 1.81 bits per heavy atom. The van der Waals surface area contributed by atoms with Crippen LogP contribution < -0.4 is 25.4 Å². The van der Waals surface area contributed by atoms with Crippen LogP contribution in [-0.2, 0) is 13.1 Å². The zero-order chi connectivity index (χ0) is 22.1. The molecule has 0 atom stereocenters. The fourth-order valence-electron chi connectivity index (χ4n) is 2.94. The summed E-state index contributed by atoms with van der Waals surface area (Å²) in [6.07, 6.45) is 1.47. The lowest BCUT2D eigenvalue weighted by Crippen LogP contribution is -2.36. The van der Waals surface area contributed by atoms with Gasteiger partial charge in [0.05, 0.1) is 20.5 Å². The number of nitrogens with zero attached hydrogens (tertiary/aromatic N) is 1. The van der Waals surface area contributed by atoms with Gasteiger partial charge in [0.15, 0.2) is 11.7 Å². The van der Waals surface area contributed by atoms with Gasteiger partial charge in [-0.1, -0.05) is 12.1 Å². The molecule has 0 aliphatic heterocycles. The van der Waals surface area contributed by atoms with Gasteiger partial charge in [-0.2, -0.15) is 0 Å². The average Bonchev–Trinajstić information content (AvgIpc) is 3.34. The van der Waals surface area contributed by atoms with Crippen molar-refractivity contribution in [2.24, 2.45) is 4.99 Å². The van der Waals surface area contributed by atoms with Gasteiger partial charge >= 0.3 is 0 Å². The molecular weight excluding hydrogens is 523 g/mol. The first-order valence-electron chi connectivity index (χ1n) is 9.72. The highest BCUT2D eigenvalue weighted by Crippen LogP contribution is 2.24. The van der Waals surface area contributed by atoms with Crippen LogP contribution in [0.15, 0.2) is 70.3 Å². The highest BCUT2D eigenvalue weighted by molar-refractivity contribution is 14.0. The molecule has 9 heteroatoms. The van der Waals surface area contributed by atoms with Crippen LogP contribution in [0, 0.1) is 0 Å². The van der Waals surface area contributed by atoms with E-state index >= 15 is 0 Å². The van der Waals surface area contributed by atoms with Crippen LogP contribution in [0.2, 0.25) is 0 Å². The van der Waals surface area contributed by atoms with E-state index < -0.39 is 0 Å². The van der Waals surface area contributed by atoms with Crippen LogP contribution in [-0.4, -0.2) is 33.1 Å². The largest absolute Gasteiger partial charge is 0.497 e. The van der Waals surface area contributed by atoms with Gasteiger partial charge in [0.2, 0.25) is 0 Å². The van der Waals surface area contributed by atoms with Crippen LogP contribution in [0.4, 0.5) is 5.69 Å². The molecule has 0 saturated heterocycles. The molecule has 0 aliphatic carbocycles. The van der Waals surface area contributed by atoms with Gasteiger partial charge < -0.3 is 29.8 Å². The molecule has 0 unspecified atom stereocenters. The summed E-state index contributed by atoms with van der Waals surface area (Å²) in [5, 5.41) is 9.36. The monoisotopic (exact) mass is 550 g/mol. The number of amides is 1. The summed E-state index contributed by atoms with van der Waals surface area (Å²) in [5.41, 5.74) is 2.66. The number of furan rings is 1. The van der Waals surface area contributed by atoms with E-state index in [4.69, 9.17) is 13.9 Å². The number of carbonyl (C=O) groups is 1. The number of rotatable bonds is 8. The first-order valence-corrected chi connectivity index (χ1v) is 9.72. The van der Waals surface area contributed by atoms with E-state index in [-0.39, 0.29) is 35.6 Å². The zero-order valence-corrected chi connectivity index (χ0v) is 20.5. The molecule has 3 aromatic rings. The van der Waals surface area contributed by atoms with Gasteiger partial charge in [-0.25, -0.2) is 0 Å². The van der Waals surface area contributed by atoms with E-state index in [0.717, 1.165) is 22.6 Å². The van der Waals surface area contributed by atoms with E-state index in [2.05, 4.69) is 20.9 Å². The van der Waals surface area contributed by atoms with Crippen molar-refractivity contribution in [3.63, 3.8) is 0 Å². The first-order chi connectivity index (χ1) is 15.1. The van der Waals surface area contributed by atoms with Crippen molar-refractivity contribution in [3.8, 4) is 11.5 Å². The van der Waals surface area contributed by atoms with E-state index in [9.17, 15) is 4.79 Å². The Balaban J connectivity index is 0.00000363. The summed E-state index contributed by atoms with van der Waals surface area (Å²) in [6, 6.07) is 16.5. The number of carbonyl (C=O) groups excluding carboxylic acids is 1. The smallest absolute Gasteiger partial charge is 0.291 e. The molecule has 3 rings (SSSR count). The Hall–Kier alpha value is -3.21. The Morgan fingerprint density at radius 1 is 1.00 bits per heavy atom. The molecule has 1 heterocycles. The summed E-state index contributed by atoms with van der Waals surface area (Å²) < 4.78 is 15.8. The molecule has 0 bridgehead atoms. The summed E-state index contributed by atoms with van der Waals surface area (Å²) in [7, 11) is 4.96. The summed E-state index contributed by atoms with van der Waals surface area (Å²) in [5.74, 6) is 2.09. The number of benzene rings is 2. The van der Waals surface area contributed by atoms with Gasteiger partial charge in [0.1, 0.15) is 11.5 Å². The predicted octanol–water partition coefficient (Wildman–Crippen LogP) is 4.03. The number of methoxy groups -OCH3 is 2. The Labute approximate surface area is 204 Å². The second kappa shape index (κ2) is 12.6. The second-order valence-electron chi connectivity index (χ2n) is 6.59. The number of aliphatic imine (C=N–C) groups is 1. The van der Waals surface area contributed by atoms with E-state index in [0.29, 0.717) is 24.7 Å². The van der Waals surface area contributed by atoms with E-state index in [1.54, 1.807) is 33.4 Å². The molecule has 0 fully saturated rings. The predicted molar refractivity (Wildman–Crippen MR) is 135 cm³/mol. The standard InChI is InChI=1S/C23H26N4O4.HI/c1-24-23(26-15-17-9-10-19(29-2)13-21(17)30-3)25-14-16-6-4-7-18(12-16)27-22(28)20-8-5-11-31-20;/h4-13H,14-15H2,1-3H3,(H,27,28)(H2,24,25,26);1H. The molecule has 0 radical (unpaired) electrons. The lowest BCUT2D eigenvalue weighted by Gasteiger charge is -2.15. The van der Waals surface area contributed by atoms with Crippen molar-refractivity contribution >= 4 is 41.5 Å². The highest BCUT2D eigenvalue weighted by Gasteiger charge is 2.09. The highest BCUT2D eigenvalue weighted by atomic mass is 127. The molecule has 0 spiro atoms. The average molecular weight is 550 g/mol.